The lowest BCUT2D eigenvalue weighted by atomic mass is 9.92. The minimum absolute atomic E-state index is 0.0368. The van der Waals surface area contributed by atoms with Crippen LogP contribution in [0.15, 0.2) is 30.3 Å². The van der Waals surface area contributed by atoms with E-state index in [9.17, 15) is 9.90 Å². The van der Waals surface area contributed by atoms with Crippen molar-refractivity contribution in [2.75, 3.05) is 18.1 Å². The third-order valence-corrected chi connectivity index (χ3v) is 5.10. The molecule has 1 amide bonds. The largest absolute Gasteiger partial charge is 0.388 e. The summed E-state index contributed by atoms with van der Waals surface area (Å²) in [7, 11) is 0. The predicted octanol–water partition coefficient (Wildman–Crippen LogP) is 2.94. The summed E-state index contributed by atoms with van der Waals surface area (Å²) in [5, 5.41) is 13.5. The number of nitrogens with one attached hydrogen (secondary N) is 1. The normalized spacial score (nSPS) is 19.0. The first-order valence-electron chi connectivity index (χ1n) is 7.77. The first kappa shape index (κ1) is 16.4. The van der Waals surface area contributed by atoms with Crippen LogP contribution in [0.25, 0.3) is 0 Å². The van der Waals surface area contributed by atoms with Crippen molar-refractivity contribution >= 4 is 17.7 Å². The van der Waals surface area contributed by atoms with Gasteiger partial charge in [0, 0.05) is 6.54 Å². The van der Waals surface area contributed by atoms with Gasteiger partial charge < -0.3 is 10.4 Å². The number of benzene rings is 1. The molecule has 0 aliphatic carbocycles. The molecule has 3 nitrogen and oxygen atoms in total. The van der Waals surface area contributed by atoms with Crippen LogP contribution in [0.1, 0.15) is 44.1 Å². The molecule has 2 rings (SSSR count). The van der Waals surface area contributed by atoms with Crippen molar-refractivity contribution in [2.45, 2.75) is 44.1 Å². The number of hydrogen-bond donors (Lipinski definition) is 2. The van der Waals surface area contributed by atoms with Gasteiger partial charge in [-0.3, -0.25) is 4.79 Å². The minimum Gasteiger partial charge on any atom is -0.388 e. The average Bonchev–Trinajstić information content (AvgIpc) is 2.52. The molecular formula is C17H25NO2S. The molecule has 116 valence electrons. The van der Waals surface area contributed by atoms with Gasteiger partial charge in [0.15, 0.2) is 0 Å². The van der Waals surface area contributed by atoms with Crippen LogP contribution in [0.2, 0.25) is 0 Å². The van der Waals surface area contributed by atoms with E-state index >= 15 is 0 Å². The fourth-order valence-corrected chi connectivity index (χ4v) is 3.98. The summed E-state index contributed by atoms with van der Waals surface area (Å²) in [6, 6.07) is 9.92. The van der Waals surface area contributed by atoms with Gasteiger partial charge in [0.2, 0.25) is 5.91 Å². The Labute approximate surface area is 131 Å². The summed E-state index contributed by atoms with van der Waals surface area (Å²) in [4.78, 5) is 12.5. The highest BCUT2D eigenvalue weighted by Crippen LogP contribution is 2.27. The van der Waals surface area contributed by atoms with Crippen LogP contribution >= 0.6 is 11.8 Å². The van der Waals surface area contributed by atoms with Crippen LogP contribution in [0.5, 0.6) is 0 Å². The highest BCUT2D eigenvalue weighted by atomic mass is 32.2. The molecule has 0 saturated carbocycles. The lowest BCUT2D eigenvalue weighted by Gasteiger charge is -2.32. The first-order chi connectivity index (χ1) is 10.1. The number of carbonyl (C=O) groups is 1. The Hall–Kier alpha value is -1.00. The third kappa shape index (κ3) is 4.75. The Balaban J connectivity index is 1.96. The van der Waals surface area contributed by atoms with Gasteiger partial charge in [-0.1, -0.05) is 43.7 Å². The van der Waals surface area contributed by atoms with Crippen molar-refractivity contribution < 1.29 is 9.90 Å². The summed E-state index contributed by atoms with van der Waals surface area (Å²) < 4.78 is 0. The number of amides is 1. The zero-order valence-electron chi connectivity index (χ0n) is 12.7. The Kier molecular flexibility index (Phi) is 6.12. The summed E-state index contributed by atoms with van der Waals surface area (Å²) in [6.45, 7) is 2.47. The van der Waals surface area contributed by atoms with Crippen LogP contribution in [0.3, 0.4) is 0 Å². The van der Waals surface area contributed by atoms with Crippen molar-refractivity contribution in [1.82, 2.24) is 5.32 Å². The van der Waals surface area contributed by atoms with E-state index in [0.717, 1.165) is 42.8 Å². The molecule has 4 heteroatoms. The first-order valence-corrected chi connectivity index (χ1v) is 8.93. The quantitative estimate of drug-likeness (QED) is 0.849. The van der Waals surface area contributed by atoms with Crippen LogP contribution < -0.4 is 5.32 Å². The Morgan fingerprint density at radius 1 is 1.33 bits per heavy atom. The molecule has 1 aliphatic heterocycles. The number of rotatable bonds is 6. The van der Waals surface area contributed by atoms with E-state index in [2.05, 4.69) is 12.2 Å². The molecule has 1 aromatic carbocycles. The molecule has 2 N–H and O–H groups in total. The lowest BCUT2D eigenvalue weighted by molar-refractivity contribution is -0.124. The number of carbonyl (C=O) groups excluding carboxylic acids is 1. The molecule has 1 saturated heterocycles. The van der Waals surface area contributed by atoms with Crippen LogP contribution in [0.4, 0.5) is 0 Å². The van der Waals surface area contributed by atoms with Crippen molar-refractivity contribution in [3.63, 3.8) is 0 Å². The van der Waals surface area contributed by atoms with E-state index in [-0.39, 0.29) is 11.8 Å². The number of aliphatic hydroxyl groups is 1. The number of thioether (sulfide) groups is 1. The molecule has 21 heavy (non-hydrogen) atoms. The molecule has 1 aromatic rings. The van der Waals surface area contributed by atoms with Crippen molar-refractivity contribution in [1.29, 1.82) is 0 Å². The van der Waals surface area contributed by atoms with E-state index in [4.69, 9.17) is 0 Å². The van der Waals surface area contributed by atoms with Crippen LogP contribution in [0, 0.1) is 0 Å². The molecule has 0 radical (unpaired) electrons. The van der Waals surface area contributed by atoms with Gasteiger partial charge in [0.1, 0.15) is 0 Å². The summed E-state index contributed by atoms with van der Waals surface area (Å²) >= 11 is 1.87. The highest BCUT2D eigenvalue weighted by Gasteiger charge is 2.31. The van der Waals surface area contributed by atoms with Gasteiger partial charge in [-0.2, -0.15) is 11.8 Å². The van der Waals surface area contributed by atoms with Crippen molar-refractivity contribution in [2.24, 2.45) is 0 Å². The van der Waals surface area contributed by atoms with Crippen molar-refractivity contribution in [3.8, 4) is 0 Å². The molecule has 1 fully saturated rings. The molecule has 1 unspecified atom stereocenters. The van der Waals surface area contributed by atoms with E-state index in [0.29, 0.717) is 6.54 Å². The van der Waals surface area contributed by atoms with E-state index < -0.39 is 5.60 Å². The average molecular weight is 307 g/mol. The van der Waals surface area contributed by atoms with Gasteiger partial charge >= 0.3 is 0 Å². The minimum atomic E-state index is -0.714. The van der Waals surface area contributed by atoms with Crippen LogP contribution in [-0.4, -0.2) is 34.7 Å². The lowest BCUT2D eigenvalue weighted by Crippen LogP contribution is -2.46. The maximum atomic E-state index is 12.5. The maximum Gasteiger partial charge on any atom is 0.227 e. The Morgan fingerprint density at radius 3 is 2.62 bits per heavy atom. The predicted molar refractivity (Wildman–Crippen MR) is 88.6 cm³/mol. The summed E-state index contributed by atoms with van der Waals surface area (Å²) in [5.74, 6) is 1.87. The Morgan fingerprint density at radius 2 is 2.00 bits per heavy atom. The van der Waals surface area contributed by atoms with Gasteiger partial charge in [-0.05, 0) is 36.3 Å². The highest BCUT2D eigenvalue weighted by molar-refractivity contribution is 7.99. The van der Waals surface area contributed by atoms with E-state index in [1.165, 1.54) is 0 Å². The topological polar surface area (TPSA) is 49.3 Å². The third-order valence-electron chi connectivity index (χ3n) is 4.11. The zero-order valence-corrected chi connectivity index (χ0v) is 13.5. The fraction of sp³-hybridized carbons (Fsp3) is 0.588. The fourth-order valence-electron chi connectivity index (χ4n) is 2.73. The van der Waals surface area contributed by atoms with Crippen molar-refractivity contribution in [3.05, 3.63) is 35.9 Å². The SMILES string of the molecule is CCCC(C(=O)NCC1(O)CCSCC1)c1ccccc1. The summed E-state index contributed by atoms with van der Waals surface area (Å²) in [6.07, 6.45) is 3.33. The van der Waals surface area contributed by atoms with Gasteiger partial charge in [-0.15, -0.1) is 0 Å². The van der Waals surface area contributed by atoms with E-state index in [1.54, 1.807) is 0 Å². The molecule has 0 aromatic heterocycles. The molecule has 1 heterocycles. The molecular weight excluding hydrogens is 282 g/mol. The molecule has 1 aliphatic rings. The van der Waals surface area contributed by atoms with Crippen LogP contribution in [-0.2, 0) is 4.79 Å². The zero-order chi connectivity index (χ0) is 15.1. The number of hydrogen-bond acceptors (Lipinski definition) is 3. The smallest absolute Gasteiger partial charge is 0.227 e. The van der Waals surface area contributed by atoms with Gasteiger partial charge in [-0.25, -0.2) is 0 Å². The summed E-state index contributed by atoms with van der Waals surface area (Å²) in [5.41, 5.74) is 0.344. The molecule has 0 spiro atoms. The van der Waals surface area contributed by atoms with Gasteiger partial charge in [0.05, 0.1) is 11.5 Å². The van der Waals surface area contributed by atoms with E-state index in [1.807, 2.05) is 42.1 Å². The second-order valence-electron chi connectivity index (χ2n) is 5.81. The monoisotopic (exact) mass is 307 g/mol. The van der Waals surface area contributed by atoms with Gasteiger partial charge in [0.25, 0.3) is 0 Å². The second-order valence-corrected chi connectivity index (χ2v) is 7.03. The standard InChI is InChI=1S/C17H25NO2S/c1-2-6-15(14-7-4-3-5-8-14)16(19)18-13-17(20)9-11-21-12-10-17/h3-5,7-8,15,20H,2,6,9-13H2,1H3,(H,18,19). The molecule has 1 atom stereocenters. The second kappa shape index (κ2) is 7.85. The maximum absolute atomic E-state index is 12.5. The molecule has 0 bridgehead atoms. The Bertz CT molecular complexity index is 443.